The smallest absolute Gasteiger partial charge is 0.224 e. The quantitative estimate of drug-likeness (QED) is 0.397. The lowest BCUT2D eigenvalue weighted by molar-refractivity contribution is -0.125. The largest absolute Gasteiger partial charge is 0.355 e. The van der Waals surface area contributed by atoms with E-state index in [-0.39, 0.29) is 17.7 Å². The molecule has 1 N–H and O–H groups in total. The number of carbonyl (C=O) groups excluding carboxylic acids is 1. The van der Waals surface area contributed by atoms with Crippen molar-refractivity contribution >= 4 is 64.1 Å². The normalized spacial score (nSPS) is 18.6. The molecular weight excluding hydrogens is 444 g/mol. The monoisotopic (exact) mass is 461 g/mol. The Morgan fingerprint density at radius 2 is 1.81 bits per heavy atom. The molecule has 0 bridgehead atoms. The lowest BCUT2D eigenvalue weighted by Gasteiger charge is -2.21. The van der Waals surface area contributed by atoms with Gasteiger partial charge in [-0.25, -0.2) is 0 Å². The molecule has 7 heteroatoms. The average molecular weight is 463 g/mol. The Bertz CT molecular complexity index is 794. The zero-order chi connectivity index (χ0) is 19.4. The Labute approximate surface area is 183 Å². The number of thioether (sulfide) groups is 1. The van der Waals surface area contributed by atoms with Gasteiger partial charge < -0.3 is 5.32 Å². The minimum absolute atomic E-state index is 0.00104. The first kappa shape index (κ1) is 21.1. The molecule has 3 rings (SSSR count). The molecule has 1 aliphatic carbocycles. The van der Waals surface area contributed by atoms with E-state index in [0.29, 0.717) is 28.8 Å². The van der Waals surface area contributed by atoms with E-state index in [1.807, 2.05) is 42.5 Å². The van der Waals surface area contributed by atoms with Crippen molar-refractivity contribution in [2.24, 2.45) is 5.92 Å². The van der Waals surface area contributed by atoms with E-state index in [2.05, 4.69) is 5.32 Å². The SMILES string of the molecule is O=C(NCCSCc1c(Cl)cccc1Cl)[C@@H]1Cc2ccccc2[C@@H]1C(Cl)Cl. The highest BCUT2D eigenvalue weighted by molar-refractivity contribution is 7.98. The topological polar surface area (TPSA) is 29.1 Å². The summed E-state index contributed by atoms with van der Waals surface area (Å²) in [6.07, 6.45) is 0.672. The Kier molecular flexibility index (Phi) is 7.64. The summed E-state index contributed by atoms with van der Waals surface area (Å²) in [5.41, 5.74) is 3.16. The van der Waals surface area contributed by atoms with Gasteiger partial charge in [-0.2, -0.15) is 11.8 Å². The summed E-state index contributed by atoms with van der Waals surface area (Å²) in [6, 6.07) is 13.5. The van der Waals surface area contributed by atoms with Crippen LogP contribution in [0.25, 0.3) is 0 Å². The van der Waals surface area contributed by atoms with Gasteiger partial charge in [0.05, 0.1) is 5.92 Å². The molecule has 2 aromatic rings. The summed E-state index contributed by atoms with van der Waals surface area (Å²) >= 11 is 26.4. The predicted molar refractivity (Wildman–Crippen MR) is 118 cm³/mol. The molecule has 1 aliphatic rings. The molecule has 0 radical (unpaired) electrons. The van der Waals surface area contributed by atoms with Crippen LogP contribution in [0.1, 0.15) is 22.6 Å². The molecule has 2 aromatic carbocycles. The van der Waals surface area contributed by atoms with Gasteiger partial charge in [0.15, 0.2) is 0 Å². The van der Waals surface area contributed by atoms with Crippen molar-refractivity contribution in [2.75, 3.05) is 12.3 Å². The van der Waals surface area contributed by atoms with Crippen molar-refractivity contribution in [3.05, 3.63) is 69.2 Å². The van der Waals surface area contributed by atoms with E-state index in [1.165, 1.54) is 0 Å². The third-order valence-corrected chi connectivity index (χ3v) is 6.99. The number of alkyl halides is 2. The van der Waals surface area contributed by atoms with Crippen molar-refractivity contribution in [2.45, 2.75) is 22.9 Å². The zero-order valence-corrected chi connectivity index (χ0v) is 18.3. The van der Waals surface area contributed by atoms with Crippen LogP contribution in [0.5, 0.6) is 0 Å². The molecule has 0 saturated carbocycles. The van der Waals surface area contributed by atoms with Gasteiger partial charge in [-0.1, -0.05) is 53.5 Å². The Morgan fingerprint density at radius 1 is 1.11 bits per heavy atom. The van der Waals surface area contributed by atoms with Gasteiger partial charge in [-0.3, -0.25) is 4.79 Å². The Hall–Kier alpha value is -0.580. The van der Waals surface area contributed by atoms with Gasteiger partial charge in [-0.15, -0.1) is 23.2 Å². The maximum absolute atomic E-state index is 12.7. The molecule has 0 saturated heterocycles. The number of amides is 1. The molecule has 144 valence electrons. The first-order valence-corrected chi connectivity index (χ1v) is 11.4. The fraction of sp³-hybridized carbons (Fsp3) is 0.350. The van der Waals surface area contributed by atoms with Gasteiger partial charge in [0.1, 0.15) is 4.84 Å². The first-order chi connectivity index (χ1) is 13.0. The average Bonchev–Trinajstić information content (AvgIpc) is 3.03. The van der Waals surface area contributed by atoms with E-state index in [9.17, 15) is 4.79 Å². The van der Waals surface area contributed by atoms with Gasteiger partial charge in [0.25, 0.3) is 0 Å². The lowest BCUT2D eigenvalue weighted by atomic mass is 9.93. The molecule has 0 heterocycles. The van der Waals surface area contributed by atoms with Gasteiger partial charge in [0, 0.05) is 34.0 Å². The summed E-state index contributed by atoms with van der Waals surface area (Å²) in [5.74, 6) is 1.07. The summed E-state index contributed by atoms with van der Waals surface area (Å²) < 4.78 is 0. The molecule has 27 heavy (non-hydrogen) atoms. The first-order valence-electron chi connectivity index (χ1n) is 8.63. The van der Waals surface area contributed by atoms with E-state index in [1.54, 1.807) is 11.8 Å². The van der Waals surface area contributed by atoms with Crippen molar-refractivity contribution < 1.29 is 4.79 Å². The van der Waals surface area contributed by atoms with Gasteiger partial charge in [0.2, 0.25) is 5.91 Å². The number of halogens is 4. The summed E-state index contributed by atoms with van der Waals surface area (Å²) in [7, 11) is 0. The molecule has 0 aliphatic heterocycles. The predicted octanol–water partition coefficient (Wildman–Crippen LogP) is 6.10. The van der Waals surface area contributed by atoms with E-state index in [4.69, 9.17) is 46.4 Å². The number of benzene rings is 2. The van der Waals surface area contributed by atoms with Crippen molar-refractivity contribution in [3.63, 3.8) is 0 Å². The van der Waals surface area contributed by atoms with Crippen LogP contribution >= 0.6 is 58.2 Å². The van der Waals surface area contributed by atoms with Crippen LogP contribution in [0.2, 0.25) is 10.0 Å². The molecule has 0 spiro atoms. The Balaban J connectivity index is 1.50. The molecular formula is C20H19Cl4NOS. The molecule has 2 atom stereocenters. The maximum Gasteiger partial charge on any atom is 0.224 e. The molecule has 1 amide bonds. The third-order valence-electron chi connectivity index (χ3n) is 4.75. The zero-order valence-electron chi connectivity index (χ0n) is 14.4. The van der Waals surface area contributed by atoms with Crippen molar-refractivity contribution in [1.82, 2.24) is 5.32 Å². The summed E-state index contributed by atoms with van der Waals surface area (Å²) in [4.78, 5) is 12.1. The second-order valence-electron chi connectivity index (χ2n) is 6.41. The minimum Gasteiger partial charge on any atom is -0.355 e. The van der Waals surface area contributed by atoms with Crippen LogP contribution < -0.4 is 5.32 Å². The van der Waals surface area contributed by atoms with Crippen molar-refractivity contribution in [1.29, 1.82) is 0 Å². The summed E-state index contributed by atoms with van der Waals surface area (Å²) in [6.45, 7) is 0.570. The Morgan fingerprint density at radius 3 is 2.52 bits per heavy atom. The number of hydrogen-bond acceptors (Lipinski definition) is 2. The molecule has 0 fully saturated rings. The highest BCUT2D eigenvalue weighted by Crippen LogP contribution is 2.43. The highest BCUT2D eigenvalue weighted by atomic mass is 35.5. The molecule has 0 aromatic heterocycles. The molecule has 2 nitrogen and oxygen atoms in total. The van der Waals surface area contributed by atoms with Gasteiger partial charge >= 0.3 is 0 Å². The number of fused-ring (bicyclic) bond motifs is 1. The second-order valence-corrected chi connectivity index (χ2v) is 9.50. The fourth-order valence-electron chi connectivity index (χ4n) is 3.41. The number of rotatable bonds is 7. The standard InChI is InChI=1S/C20H19Cl4NOS/c21-16-6-3-7-17(22)15(16)11-27-9-8-25-20(26)14-10-12-4-1-2-5-13(12)18(14)19(23)24/h1-7,14,18-19H,8-11H2,(H,25,26)/t14-,18+/m1/s1. The van der Waals surface area contributed by atoms with E-state index < -0.39 is 4.84 Å². The third kappa shape index (κ3) is 5.07. The lowest BCUT2D eigenvalue weighted by Crippen LogP contribution is -2.35. The van der Waals surface area contributed by atoms with Crippen molar-refractivity contribution in [3.8, 4) is 0 Å². The van der Waals surface area contributed by atoms with Crippen LogP contribution in [0.4, 0.5) is 0 Å². The second kappa shape index (κ2) is 9.76. The minimum atomic E-state index is -0.610. The maximum atomic E-state index is 12.7. The fourth-order valence-corrected chi connectivity index (χ4v) is 5.63. The number of nitrogens with one attached hydrogen (secondary N) is 1. The van der Waals surface area contributed by atoms with Crippen LogP contribution in [-0.2, 0) is 17.0 Å². The summed E-state index contributed by atoms with van der Waals surface area (Å²) in [5, 5.41) is 4.35. The van der Waals surface area contributed by atoms with Crippen LogP contribution in [0.15, 0.2) is 42.5 Å². The highest BCUT2D eigenvalue weighted by Gasteiger charge is 2.40. The van der Waals surface area contributed by atoms with E-state index in [0.717, 1.165) is 22.4 Å². The van der Waals surface area contributed by atoms with Gasteiger partial charge in [-0.05, 0) is 35.2 Å². The number of carbonyl (C=O) groups is 1. The van der Waals surface area contributed by atoms with Crippen LogP contribution in [0.3, 0.4) is 0 Å². The number of hydrogen-bond donors (Lipinski definition) is 1. The molecule has 0 unspecified atom stereocenters. The van der Waals surface area contributed by atoms with Crippen LogP contribution in [-0.4, -0.2) is 23.0 Å². The van der Waals surface area contributed by atoms with Crippen LogP contribution in [0, 0.1) is 5.92 Å². The van der Waals surface area contributed by atoms with E-state index >= 15 is 0 Å².